The lowest BCUT2D eigenvalue weighted by atomic mass is 9.99. The highest BCUT2D eigenvalue weighted by Crippen LogP contribution is 2.19. The molecule has 1 atom stereocenters. The lowest BCUT2D eigenvalue weighted by Crippen LogP contribution is -2.54. The van der Waals surface area contributed by atoms with Crippen molar-refractivity contribution in [2.75, 3.05) is 40.4 Å². The molecule has 0 amide bonds. The number of ether oxygens (including phenoxy) is 1. The molecule has 7 nitrogen and oxygen atoms in total. The van der Waals surface area contributed by atoms with E-state index >= 15 is 0 Å². The summed E-state index contributed by atoms with van der Waals surface area (Å²) in [6, 6.07) is 1.93. The van der Waals surface area contributed by atoms with Crippen molar-refractivity contribution in [3.8, 4) is 6.07 Å². The van der Waals surface area contributed by atoms with Crippen LogP contribution in [0.2, 0.25) is 0 Å². The van der Waals surface area contributed by atoms with Gasteiger partial charge in [0.05, 0.1) is 18.2 Å². The Morgan fingerprint density at radius 3 is 2.84 bits per heavy atom. The van der Waals surface area contributed by atoms with Gasteiger partial charge in [-0.15, -0.1) is 0 Å². The molecule has 0 saturated carbocycles. The van der Waals surface area contributed by atoms with Crippen molar-refractivity contribution in [1.82, 2.24) is 14.3 Å². The standard InChI is InChI=1S/C11H22N4O3S/c1-15(8-4-6-12)19(16,17)14-9-11(10-18-2)5-3-7-13-11/h13-14H,3-5,7-10H2,1-2H3. The lowest BCUT2D eigenvalue weighted by molar-refractivity contribution is 0.122. The van der Waals surface area contributed by atoms with Crippen molar-refractivity contribution in [3.05, 3.63) is 0 Å². The third-order valence-corrected chi connectivity index (χ3v) is 4.81. The van der Waals surface area contributed by atoms with Gasteiger partial charge in [0.2, 0.25) is 0 Å². The first-order valence-electron chi connectivity index (χ1n) is 6.28. The number of methoxy groups -OCH3 is 1. The number of hydrogen-bond acceptors (Lipinski definition) is 5. The minimum atomic E-state index is -3.54. The van der Waals surface area contributed by atoms with Gasteiger partial charge in [-0.05, 0) is 19.4 Å². The summed E-state index contributed by atoms with van der Waals surface area (Å²) in [5.41, 5.74) is -0.322. The van der Waals surface area contributed by atoms with Crippen molar-refractivity contribution in [2.45, 2.75) is 24.8 Å². The summed E-state index contributed by atoms with van der Waals surface area (Å²) in [5, 5.41) is 11.8. The first kappa shape index (κ1) is 16.3. The van der Waals surface area contributed by atoms with Gasteiger partial charge >= 0.3 is 0 Å². The Balaban J connectivity index is 2.56. The fraction of sp³-hybridized carbons (Fsp3) is 0.909. The van der Waals surface area contributed by atoms with Crippen LogP contribution in [0.3, 0.4) is 0 Å². The topological polar surface area (TPSA) is 94.5 Å². The summed E-state index contributed by atoms with van der Waals surface area (Å²) in [6.07, 6.45) is 2.07. The highest BCUT2D eigenvalue weighted by molar-refractivity contribution is 7.87. The van der Waals surface area contributed by atoms with E-state index in [0.717, 1.165) is 23.7 Å². The average Bonchev–Trinajstić information content (AvgIpc) is 2.83. The summed E-state index contributed by atoms with van der Waals surface area (Å²) in [4.78, 5) is 0. The Bertz CT molecular complexity index is 412. The predicted molar refractivity (Wildman–Crippen MR) is 71.6 cm³/mol. The smallest absolute Gasteiger partial charge is 0.279 e. The summed E-state index contributed by atoms with van der Waals surface area (Å²) in [7, 11) is -0.470. The Kier molecular flexibility index (Phi) is 6.16. The Labute approximate surface area is 115 Å². The molecule has 2 N–H and O–H groups in total. The molecule has 0 aromatic rings. The van der Waals surface area contributed by atoms with Crippen LogP contribution >= 0.6 is 0 Å². The van der Waals surface area contributed by atoms with Crippen molar-refractivity contribution >= 4 is 10.2 Å². The molecule has 0 aromatic heterocycles. The first-order chi connectivity index (χ1) is 8.96. The minimum Gasteiger partial charge on any atom is -0.383 e. The molecule has 1 aliphatic heterocycles. The van der Waals surface area contributed by atoms with Gasteiger partial charge in [-0.1, -0.05) is 0 Å². The van der Waals surface area contributed by atoms with Crippen LogP contribution in [0, 0.1) is 11.3 Å². The molecule has 110 valence electrons. The van der Waals surface area contributed by atoms with Crippen molar-refractivity contribution in [2.24, 2.45) is 0 Å². The van der Waals surface area contributed by atoms with Crippen LogP contribution in [0.15, 0.2) is 0 Å². The largest absolute Gasteiger partial charge is 0.383 e. The molecule has 1 heterocycles. The molecule has 1 rings (SSSR count). The van der Waals surface area contributed by atoms with Gasteiger partial charge in [0.15, 0.2) is 0 Å². The normalized spacial score (nSPS) is 23.7. The third kappa shape index (κ3) is 4.71. The van der Waals surface area contributed by atoms with Crippen molar-refractivity contribution < 1.29 is 13.2 Å². The van der Waals surface area contributed by atoms with Gasteiger partial charge in [-0.3, -0.25) is 0 Å². The van der Waals surface area contributed by atoms with Crippen LogP contribution in [0.4, 0.5) is 0 Å². The molecular weight excluding hydrogens is 268 g/mol. The Morgan fingerprint density at radius 1 is 1.58 bits per heavy atom. The molecule has 0 radical (unpaired) electrons. The molecule has 0 aromatic carbocycles. The Morgan fingerprint density at radius 2 is 2.32 bits per heavy atom. The summed E-state index contributed by atoms with van der Waals surface area (Å²) in [5.74, 6) is 0. The van der Waals surface area contributed by atoms with Gasteiger partial charge in [-0.25, -0.2) is 4.72 Å². The number of nitrogens with one attached hydrogen (secondary N) is 2. The van der Waals surface area contributed by atoms with E-state index in [1.807, 2.05) is 6.07 Å². The molecule has 1 fully saturated rings. The molecular formula is C11H22N4O3S. The lowest BCUT2D eigenvalue weighted by Gasteiger charge is -2.29. The van der Waals surface area contributed by atoms with E-state index in [9.17, 15) is 8.42 Å². The fourth-order valence-electron chi connectivity index (χ4n) is 2.14. The second-order valence-electron chi connectivity index (χ2n) is 4.80. The van der Waals surface area contributed by atoms with Crippen LogP contribution in [0.5, 0.6) is 0 Å². The van der Waals surface area contributed by atoms with E-state index in [2.05, 4.69) is 10.0 Å². The van der Waals surface area contributed by atoms with Gasteiger partial charge < -0.3 is 10.1 Å². The zero-order valence-corrected chi connectivity index (χ0v) is 12.3. The monoisotopic (exact) mass is 290 g/mol. The van der Waals surface area contributed by atoms with Gasteiger partial charge in [-0.2, -0.15) is 18.0 Å². The molecule has 1 saturated heterocycles. The van der Waals surface area contributed by atoms with Gasteiger partial charge in [0.25, 0.3) is 10.2 Å². The van der Waals surface area contributed by atoms with E-state index in [-0.39, 0.29) is 18.5 Å². The second-order valence-corrected chi connectivity index (χ2v) is 6.66. The van der Waals surface area contributed by atoms with Gasteiger partial charge in [0.1, 0.15) is 0 Å². The molecule has 19 heavy (non-hydrogen) atoms. The van der Waals surface area contributed by atoms with Crippen molar-refractivity contribution in [3.63, 3.8) is 0 Å². The number of rotatable bonds is 8. The van der Waals surface area contributed by atoms with E-state index < -0.39 is 10.2 Å². The summed E-state index contributed by atoms with van der Waals surface area (Å²) < 4.78 is 32.9. The predicted octanol–water partition coefficient (Wildman–Crippen LogP) is -0.565. The van der Waals surface area contributed by atoms with E-state index in [0.29, 0.717) is 13.2 Å². The quantitative estimate of drug-likeness (QED) is 0.624. The van der Waals surface area contributed by atoms with Crippen LogP contribution in [-0.2, 0) is 14.9 Å². The highest BCUT2D eigenvalue weighted by Gasteiger charge is 2.35. The minimum absolute atomic E-state index is 0.179. The molecule has 1 aliphatic rings. The van der Waals surface area contributed by atoms with E-state index in [1.54, 1.807) is 7.11 Å². The maximum Gasteiger partial charge on any atom is 0.279 e. The molecule has 0 bridgehead atoms. The number of hydrogen-bond donors (Lipinski definition) is 2. The zero-order chi connectivity index (χ0) is 14.4. The van der Waals surface area contributed by atoms with E-state index in [1.165, 1.54) is 7.05 Å². The molecule has 0 spiro atoms. The van der Waals surface area contributed by atoms with Crippen LogP contribution < -0.4 is 10.0 Å². The van der Waals surface area contributed by atoms with Crippen LogP contribution in [0.1, 0.15) is 19.3 Å². The SMILES string of the molecule is COCC1(CNS(=O)(=O)N(C)CCC#N)CCCN1. The van der Waals surface area contributed by atoms with Crippen molar-refractivity contribution in [1.29, 1.82) is 5.26 Å². The van der Waals surface area contributed by atoms with Crippen LogP contribution in [0.25, 0.3) is 0 Å². The molecule has 0 aliphatic carbocycles. The second kappa shape index (κ2) is 7.17. The summed E-state index contributed by atoms with van der Waals surface area (Å²) in [6.45, 7) is 1.82. The highest BCUT2D eigenvalue weighted by atomic mass is 32.2. The fourth-order valence-corrected chi connectivity index (χ4v) is 3.15. The van der Waals surface area contributed by atoms with Crippen LogP contribution in [-0.4, -0.2) is 58.7 Å². The zero-order valence-electron chi connectivity index (χ0n) is 11.5. The summed E-state index contributed by atoms with van der Waals surface area (Å²) >= 11 is 0. The number of nitrogens with zero attached hydrogens (tertiary/aromatic N) is 2. The maximum atomic E-state index is 12.0. The molecule has 1 unspecified atom stereocenters. The third-order valence-electron chi connectivity index (χ3n) is 3.29. The first-order valence-corrected chi connectivity index (χ1v) is 7.72. The number of nitriles is 1. The van der Waals surface area contributed by atoms with Gasteiger partial charge in [0, 0.05) is 33.7 Å². The molecule has 8 heteroatoms. The maximum absolute atomic E-state index is 12.0. The average molecular weight is 290 g/mol. The Hall–Kier alpha value is -0.720. The van der Waals surface area contributed by atoms with E-state index in [4.69, 9.17) is 10.00 Å².